The van der Waals surface area contributed by atoms with E-state index in [0.717, 1.165) is 25.7 Å². The maximum Gasteiger partial charge on any atom is 0.316 e. The number of amides is 3. The molecule has 0 bridgehead atoms. The molecule has 36 heavy (non-hydrogen) atoms. The maximum absolute atomic E-state index is 12.9. The minimum atomic E-state index is -0.697. The number of non-ortho nitro benzene ring substituents is 1. The van der Waals surface area contributed by atoms with Gasteiger partial charge in [-0.15, -0.1) is 0 Å². The molecule has 0 unspecified atom stereocenters. The summed E-state index contributed by atoms with van der Waals surface area (Å²) in [6.45, 7) is 1.86. The predicted molar refractivity (Wildman–Crippen MR) is 128 cm³/mol. The number of nitrogens with zero attached hydrogens (tertiary/aromatic N) is 3. The second-order valence-electron chi connectivity index (χ2n) is 9.56. The van der Waals surface area contributed by atoms with Gasteiger partial charge in [-0.1, -0.05) is 12.8 Å². The molecule has 3 fully saturated rings. The van der Waals surface area contributed by atoms with E-state index >= 15 is 0 Å². The zero-order valence-electron chi connectivity index (χ0n) is 19.7. The molecule has 1 aliphatic carbocycles. The van der Waals surface area contributed by atoms with Gasteiger partial charge >= 0.3 is 5.97 Å². The summed E-state index contributed by atoms with van der Waals surface area (Å²) in [4.78, 5) is 64.1. The van der Waals surface area contributed by atoms with E-state index in [4.69, 9.17) is 4.74 Å². The molecule has 2 aliphatic heterocycles. The van der Waals surface area contributed by atoms with Gasteiger partial charge in [-0.2, -0.15) is 0 Å². The van der Waals surface area contributed by atoms with Crippen LogP contribution in [0.15, 0.2) is 42.5 Å². The van der Waals surface area contributed by atoms with Crippen molar-refractivity contribution in [1.29, 1.82) is 0 Å². The highest BCUT2D eigenvalue weighted by Crippen LogP contribution is 2.41. The third-order valence-corrected chi connectivity index (χ3v) is 7.30. The number of esters is 1. The molecule has 2 saturated heterocycles. The highest BCUT2D eigenvalue weighted by atomic mass is 16.6. The first kappa shape index (κ1) is 23.7. The van der Waals surface area contributed by atoms with Crippen LogP contribution in [0.1, 0.15) is 37.7 Å². The molecule has 0 radical (unpaired) electrons. The Balaban J connectivity index is 1.26. The molecule has 3 amide bonds. The van der Waals surface area contributed by atoms with E-state index < -0.39 is 16.8 Å². The summed E-state index contributed by atoms with van der Waals surface area (Å²) in [5.41, 5.74) is 1.52. The van der Waals surface area contributed by atoms with Crippen molar-refractivity contribution < 1.29 is 28.8 Å². The van der Waals surface area contributed by atoms with E-state index in [-0.39, 0.29) is 54.0 Å². The average Bonchev–Trinajstić information content (AvgIpc) is 3.37. The highest BCUT2D eigenvalue weighted by molar-refractivity contribution is 6.22. The zero-order chi connectivity index (χ0) is 25.6. The van der Waals surface area contributed by atoms with Crippen LogP contribution in [0.2, 0.25) is 0 Å². The SMILES string of the molecule is Cc1cc(OC(=O)[C@H]2CC(=O)N(c3ccc([N+](=O)[O-])cc3)C2)ccc1N1C(=O)[C@H]2CCCC[C@H]2C1=O. The van der Waals surface area contributed by atoms with Crippen LogP contribution in [0.4, 0.5) is 17.1 Å². The van der Waals surface area contributed by atoms with Gasteiger partial charge in [0.15, 0.2) is 0 Å². The molecule has 5 rings (SSSR count). The van der Waals surface area contributed by atoms with Crippen molar-refractivity contribution in [1.82, 2.24) is 0 Å². The quantitative estimate of drug-likeness (QED) is 0.206. The van der Waals surface area contributed by atoms with Gasteiger partial charge in [-0.25, -0.2) is 4.90 Å². The van der Waals surface area contributed by atoms with Gasteiger partial charge in [0.1, 0.15) is 5.75 Å². The summed E-state index contributed by atoms with van der Waals surface area (Å²) in [5, 5.41) is 10.9. The molecule has 186 valence electrons. The molecule has 2 aromatic carbocycles. The molecule has 2 heterocycles. The number of carbonyl (C=O) groups excluding carboxylic acids is 4. The van der Waals surface area contributed by atoms with E-state index in [0.29, 0.717) is 16.9 Å². The van der Waals surface area contributed by atoms with Crippen LogP contribution < -0.4 is 14.5 Å². The number of nitro groups is 1. The Bertz CT molecular complexity index is 1250. The van der Waals surface area contributed by atoms with Gasteiger partial charge < -0.3 is 9.64 Å². The first-order valence-electron chi connectivity index (χ1n) is 12.0. The normalized spacial score (nSPS) is 23.7. The van der Waals surface area contributed by atoms with Crippen molar-refractivity contribution in [3.8, 4) is 5.75 Å². The van der Waals surface area contributed by atoms with E-state index in [9.17, 15) is 29.3 Å². The summed E-state index contributed by atoms with van der Waals surface area (Å²) >= 11 is 0. The Kier molecular flexibility index (Phi) is 6.03. The first-order valence-corrected chi connectivity index (χ1v) is 12.0. The minimum absolute atomic E-state index is 0.0353. The Hall–Kier alpha value is -4.08. The lowest BCUT2D eigenvalue weighted by Gasteiger charge is -2.19. The number of fused-ring (bicyclic) bond motifs is 1. The number of ether oxygens (including phenoxy) is 1. The molecule has 10 nitrogen and oxygen atoms in total. The Morgan fingerprint density at radius 3 is 2.22 bits per heavy atom. The van der Waals surface area contributed by atoms with Crippen LogP contribution in [0.5, 0.6) is 5.75 Å². The standard InChI is InChI=1S/C26H25N3O7/c1-15-12-19(10-11-22(15)28-24(31)20-4-2-3-5-21(20)25(28)32)36-26(33)16-13-23(30)27(14-16)17-6-8-18(9-7-17)29(34)35/h6-12,16,20-21H,2-5,13-14H2,1H3/t16-,20-,21+/m0/s1. The number of hydrogen-bond donors (Lipinski definition) is 0. The lowest BCUT2D eigenvalue weighted by Crippen LogP contribution is -2.31. The van der Waals surface area contributed by atoms with Crippen molar-refractivity contribution in [3.05, 3.63) is 58.1 Å². The third kappa shape index (κ3) is 4.12. The van der Waals surface area contributed by atoms with E-state index in [1.807, 2.05) is 0 Å². The van der Waals surface area contributed by atoms with Crippen molar-refractivity contribution in [2.75, 3.05) is 16.3 Å². The largest absolute Gasteiger partial charge is 0.426 e. The van der Waals surface area contributed by atoms with Gasteiger partial charge in [0.05, 0.1) is 28.4 Å². The molecule has 0 spiro atoms. The van der Waals surface area contributed by atoms with Crippen molar-refractivity contribution in [2.45, 2.75) is 39.0 Å². The number of benzene rings is 2. The average molecular weight is 492 g/mol. The van der Waals surface area contributed by atoms with Crippen LogP contribution in [-0.4, -0.2) is 35.2 Å². The summed E-state index contributed by atoms with van der Waals surface area (Å²) in [6, 6.07) is 10.3. The van der Waals surface area contributed by atoms with Gasteiger partial charge in [0.2, 0.25) is 17.7 Å². The smallest absolute Gasteiger partial charge is 0.316 e. The second kappa shape index (κ2) is 9.18. The van der Waals surface area contributed by atoms with Gasteiger partial charge in [-0.05, 0) is 55.7 Å². The van der Waals surface area contributed by atoms with Crippen LogP contribution in [-0.2, 0) is 19.2 Å². The lowest BCUT2D eigenvalue weighted by atomic mass is 9.81. The lowest BCUT2D eigenvalue weighted by molar-refractivity contribution is -0.384. The number of hydrogen-bond acceptors (Lipinski definition) is 7. The van der Waals surface area contributed by atoms with Crippen LogP contribution in [0.3, 0.4) is 0 Å². The number of aryl methyl sites for hydroxylation is 1. The summed E-state index contributed by atoms with van der Waals surface area (Å²) < 4.78 is 5.53. The summed E-state index contributed by atoms with van der Waals surface area (Å²) in [6.07, 6.45) is 3.34. The van der Waals surface area contributed by atoms with Crippen molar-refractivity contribution >= 4 is 40.8 Å². The minimum Gasteiger partial charge on any atom is -0.426 e. The number of carbonyl (C=O) groups is 4. The Morgan fingerprint density at radius 1 is 1.00 bits per heavy atom. The number of nitro benzene ring substituents is 1. The number of imide groups is 1. The first-order chi connectivity index (χ1) is 17.2. The Labute approximate surface area is 207 Å². The molecule has 2 aromatic rings. The van der Waals surface area contributed by atoms with Crippen molar-refractivity contribution in [3.63, 3.8) is 0 Å². The zero-order valence-corrected chi connectivity index (χ0v) is 19.7. The van der Waals surface area contributed by atoms with E-state index in [1.165, 1.54) is 34.1 Å². The highest BCUT2D eigenvalue weighted by Gasteiger charge is 2.49. The number of anilines is 2. The fourth-order valence-electron chi connectivity index (χ4n) is 5.41. The second-order valence-corrected chi connectivity index (χ2v) is 9.56. The van der Waals surface area contributed by atoms with E-state index in [2.05, 4.69) is 0 Å². The molecular weight excluding hydrogens is 466 g/mol. The molecule has 3 atom stereocenters. The van der Waals surface area contributed by atoms with Crippen molar-refractivity contribution in [2.24, 2.45) is 17.8 Å². The molecule has 10 heteroatoms. The third-order valence-electron chi connectivity index (χ3n) is 7.30. The fraction of sp³-hybridized carbons (Fsp3) is 0.385. The molecular formula is C26H25N3O7. The van der Waals surface area contributed by atoms with E-state index in [1.54, 1.807) is 25.1 Å². The predicted octanol–water partition coefficient (Wildman–Crippen LogP) is 3.54. The van der Waals surface area contributed by atoms with Crippen LogP contribution >= 0.6 is 0 Å². The topological polar surface area (TPSA) is 127 Å². The molecule has 3 aliphatic rings. The van der Waals surface area contributed by atoms with Gasteiger partial charge in [0, 0.05) is 30.8 Å². The Morgan fingerprint density at radius 2 is 1.64 bits per heavy atom. The van der Waals surface area contributed by atoms with Gasteiger partial charge in [-0.3, -0.25) is 29.3 Å². The van der Waals surface area contributed by atoms with Crippen LogP contribution in [0.25, 0.3) is 0 Å². The molecule has 0 N–H and O–H groups in total. The summed E-state index contributed by atoms with van der Waals surface area (Å²) in [7, 11) is 0. The fourth-order valence-corrected chi connectivity index (χ4v) is 5.41. The molecule has 0 aromatic heterocycles. The maximum atomic E-state index is 12.9. The summed E-state index contributed by atoms with van der Waals surface area (Å²) in [5.74, 6) is -2.09. The molecule has 1 saturated carbocycles. The number of rotatable bonds is 5. The monoisotopic (exact) mass is 491 g/mol. The van der Waals surface area contributed by atoms with Gasteiger partial charge in [0.25, 0.3) is 5.69 Å². The van der Waals surface area contributed by atoms with Crippen LogP contribution in [0, 0.1) is 34.8 Å².